The van der Waals surface area contributed by atoms with Crippen molar-refractivity contribution >= 4 is 11.8 Å². The number of hydrogen-bond acceptors (Lipinski definition) is 4. The standard InChI is InChI=1S/C16H25N3O2/c1-16(2,3)21-15(20)19(4)13-5-6-14(18-11-13)12-7-9-17-10-8-12/h5-6,11-12,17H,7-10H2,1-4H3. The average Bonchev–Trinajstić information content (AvgIpc) is 2.46. The second-order valence-electron chi connectivity index (χ2n) is 6.50. The van der Waals surface area contributed by atoms with Crippen LogP contribution in [0.2, 0.25) is 0 Å². The van der Waals surface area contributed by atoms with Gasteiger partial charge in [-0.25, -0.2) is 4.79 Å². The van der Waals surface area contributed by atoms with Crippen LogP contribution in [0.15, 0.2) is 18.3 Å². The van der Waals surface area contributed by atoms with Gasteiger partial charge in [-0.15, -0.1) is 0 Å². The SMILES string of the molecule is CN(C(=O)OC(C)(C)C)c1ccc(C2CCNCC2)nc1. The van der Waals surface area contributed by atoms with Crippen LogP contribution >= 0.6 is 0 Å². The Morgan fingerprint density at radius 3 is 2.52 bits per heavy atom. The zero-order valence-electron chi connectivity index (χ0n) is 13.3. The molecule has 0 radical (unpaired) electrons. The minimum atomic E-state index is -0.492. The molecular weight excluding hydrogens is 266 g/mol. The number of rotatable bonds is 2. The van der Waals surface area contributed by atoms with Crippen molar-refractivity contribution in [1.29, 1.82) is 0 Å². The molecule has 1 amide bonds. The Bertz CT molecular complexity index is 473. The summed E-state index contributed by atoms with van der Waals surface area (Å²) in [7, 11) is 1.70. The van der Waals surface area contributed by atoms with E-state index in [1.54, 1.807) is 13.2 Å². The van der Waals surface area contributed by atoms with E-state index in [4.69, 9.17) is 4.74 Å². The highest BCUT2D eigenvalue weighted by Gasteiger charge is 2.21. The second kappa shape index (κ2) is 6.43. The highest BCUT2D eigenvalue weighted by Crippen LogP contribution is 2.25. The number of amides is 1. The topological polar surface area (TPSA) is 54.5 Å². The molecular formula is C16H25N3O2. The van der Waals surface area contributed by atoms with E-state index in [2.05, 4.69) is 10.3 Å². The smallest absolute Gasteiger partial charge is 0.414 e. The molecule has 1 saturated heterocycles. The van der Waals surface area contributed by atoms with Gasteiger partial charge in [0.15, 0.2) is 0 Å². The van der Waals surface area contributed by atoms with Crippen LogP contribution in [0.25, 0.3) is 0 Å². The van der Waals surface area contributed by atoms with Gasteiger partial charge >= 0.3 is 6.09 Å². The number of ether oxygens (including phenoxy) is 1. The van der Waals surface area contributed by atoms with Gasteiger partial charge in [0.05, 0.1) is 11.9 Å². The lowest BCUT2D eigenvalue weighted by atomic mass is 9.94. The first-order valence-corrected chi connectivity index (χ1v) is 7.50. The fourth-order valence-electron chi connectivity index (χ4n) is 2.39. The summed E-state index contributed by atoms with van der Waals surface area (Å²) >= 11 is 0. The molecule has 0 unspecified atom stereocenters. The lowest BCUT2D eigenvalue weighted by Crippen LogP contribution is -2.34. The fraction of sp³-hybridized carbons (Fsp3) is 0.625. The van der Waals surface area contributed by atoms with Crippen molar-refractivity contribution in [2.24, 2.45) is 0 Å². The molecule has 1 aliphatic rings. The van der Waals surface area contributed by atoms with Gasteiger partial charge in [0.25, 0.3) is 0 Å². The molecule has 1 aromatic rings. The molecule has 0 saturated carbocycles. The van der Waals surface area contributed by atoms with Gasteiger partial charge in [-0.2, -0.15) is 0 Å². The third kappa shape index (κ3) is 4.43. The van der Waals surface area contributed by atoms with Gasteiger partial charge in [-0.05, 0) is 58.8 Å². The van der Waals surface area contributed by atoms with Crippen LogP contribution in [0.4, 0.5) is 10.5 Å². The summed E-state index contributed by atoms with van der Waals surface area (Å²) in [4.78, 5) is 18.0. The van der Waals surface area contributed by atoms with Crippen LogP contribution in [0, 0.1) is 0 Å². The van der Waals surface area contributed by atoms with Gasteiger partial charge in [0, 0.05) is 18.7 Å². The third-order valence-corrected chi connectivity index (χ3v) is 3.58. The number of carbonyl (C=O) groups is 1. The molecule has 0 aromatic carbocycles. The number of pyridine rings is 1. The maximum Gasteiger partial charge on any atom is 0.414 e. The van der Waals surface area contributed by atoms with Crippen molar-refractivity contribution in [2.75, 3.05) is 25.0 Å². The van der Waals surface area contributed by atoms with Crippen LogP contribution in [0.5, 0.6) is 0 Å². The first-order valence-electron chi connectivity index (χ1n) is 7.50. The molecule has 1 aromatic heterocycles. The summed E-state index contributed by atoms with van der Waals surface area (Å²) in [6.45, 7) is 7.67. The molecule has 0 aliphatic carbocycles. The normalized spacial score (nSPS) is 16.6. The average molecular weight is 291 g/mol. The molecule has 0 spiro atoms. The summed E-state index contributed by atoms with van der Waals surface area (Å²) < 4.78 is 5.35. The van der Waals surface area contributed by atoms with Crippen LogP contribution in [-0.4, -0.2) is 36.8 Å². The van der Waals surface area contributed by atoms with E-state index in [9.17, 15) is 4.79 Å². The number of nitrogens with one attached hydrogen (secondary N) is 1. The molecule has 1 aliphatic heterocycles. The van der Waals surface area contributed by atoms with Gasteiger partial charge in [-0.1, -0.05) is 0 Å². The van der Waals surface area contributed by atoms with E-state index in [1.165, 1.54) is 4.90 Å². The molecule has 0 atom stereocenters. The van der Waals surface area contributed by atoms with Crippen molar-refractivity contribution in [2.45, 2.75) is 45.1 Å². The van der Waals surface area contributed by atoms with E-state index in [-0.39, 0.29) is 6.09 Å². The Hall–Kier alpha value is -1.62. The molecule has 1 fully saturated rings. The number of piperidine rings is 1. The molecule has 116 valence electrons. The molecule has 5 heteroatoms. The minimum absolute atomic E-state index is 0.362. The molecule has 1 N–H and O–H groups in total. The zero-order chi connectivity index (χ0) is 15.5. The summed E-state index contributed by atoms with van der Waals surface area (Å²) in [5, 5.41) is 3.35. The Morgan fingerprint density at radius 2 is 2.00 bits per heavy atom. The van der Waals surface area contributed by atoms with Gasteiger partial charge < -0.3 is 10.1 Å². The fourth-order valence-corrected chi connectivity index (χ4v) is 2.39. The Labute approximate surface area is 126 Å². The van der Waals surface area contributed by atoms with Crippen LogP contribution in [0.3, 0.4) is 0 Å². The first kappa shape index (κ1) is 15.8. The number of nitrogens with zero attached hydrogens (tertiary/aromatic N) is 2. The Balaban J connectivity index is 2.02. The largest absolute Gasteiger partial charge is 0.443 e. The van der Waals surface area contributed by atoms with Crippen LogP contribution < -0.4 is 10.2 Å². The van der Waals surface area contributed by atoms with Crippen molar-refractivity contribution in [1.82, 2.24) is 10.3 Å². The first-order chi connectivity index (χ1) is 9.87. The molecule has 0 bridgehead atoms. The predicted octanol–water partition coefficient (Wildman–Crippen LogP) is 2.92. The van der Waals surface area contributed by atoms with Crippen molar-refractivity contribution in [3.8, 4) is 0 Å². The maximum atomic E-state index is 12.0. The summed E-state index contributed by atoms with van der Waals surface area (Å²) in [5.41, 5.74) is 1.37. The number of aromatic nitrogens is 1. The van der Waals surface area contributed by atoms with E-state index < -0.39 is 5.60 Å². The number of hydrogen-bond donors (Lipinski definition) is 1. The monoisotopic (exact) mass is 291 g/mol. The second-order valence-corrected chi connectivity index (χ2v) is 6.50. The lowest BCUT2D eigenvalue weighted by Gasteiger charge is -2.25. The van der Waals surface area contributed by atoms with E-state index in [0.717, 1.165) is 37.3 Å². The molecule has 2 heterocycles. The van der Waals surface area contributed by atoms with E-state index >= 15 is 0 Å². The molecule has 2 rings (SSSR count). The van der Waals surface area contributed by atoms with Gasteiger partial charge in [0.2, 0.25) is 0 Å². The third-order valence-electron chi connectivity index (χ3n) is 3.58. The van der Waals surface area contributed by atoms with Gasteiger partial charge in [-0.3, -0.25) is 9.88 Å². The Kier molecular flexibility index (Phi) is 4.83. The highest BCUT2D eigenvalue weighted by atomic mass is 16.6. The number of anilines is 1. The van der Waals surface area contributed by atoms with Crippen LogP contribution in [0.1, 0.15) is 45.2 Å². The van der Waals surface area contributed by atoms with Gasteiger partial charge in [0.1, 0.15) is 5.60 Å². The maximum absolute atomic E-state index is 12.0. The van der Waals surface area contributed by atoms with E-state index in [0.29, 0.717) is 5.92 Å². The molecule has 21 heavy (non-hydrogen) atoms. The quantitative estimate of drug-likeness (QED) is 0.910. The summed E-state index contributed by atoms with van der Waals surface area (Å²) in [5.74, 6) is 0.520. The summed E-state index contributed by atoms with van der Waals surface area (Å²) in [6.07, 6.45) is 3.63. The summed E-state index contributed by atoms with van der Waals surface area (Å²) in [6, 6.07) is 3.96. The van der Waals surface area contributed by atoms with Crippen molar-refractivity contribution in [3.63, 3.8) is 0 Å². The van der Waals surface area contributed by atoms with Crippen LogP contribution in [-0.2, 0) is 4.74 Å². The number of carbonyl (C=O) groups excluding carboxylic acids is 1. The Morgan fingerprint density at radius 1 is 1.33 bits per heavy atom. The minimum Gasteiger partial charge on any atom is -0.443 e. The molecule has 5 nitrogen and oxygen atoms in total. The highest BCUT2D eigenvalue weighted by molar-refractivity contribution is 5.86. The van der Waals surface area contributed by atoms with Crippen molar-refractivity contribution < 1.29 is 9.53 Å². The predicted molar refractivity (Wildman–Crippen MR) is 83.7 cm³/mol. The van der Waals surface area contributed by atoms with Crippen molar-refractivity contribution in [3.05, 3.63) is 24.0 Å². The lowest BCUT2D eigenvalue weighted by molar-refractivity contribution is 0.0589. The van der Waals surface area contributed by atoms with E-state index in [1.807, 2.05) is 32.9 Å². The zero-order valence-corrected chi connectivity index (χ0v) is 13.3.